The first kappa shape index (κ1) is 15.9. The Morgan fingerprint density at radius 1 is 1.00 bits per heavy atom. The molecule has 1 atom stereocenters. The molecule has 0 radical (unpaired) electrons. The molecule has 0 aromatic carbocycles. The molecule has 0 fully saturated rings. The maximum absolute atomic E-state index is 8.59. The molecule has 0 aliphatic rings. The van der Waals surface area contributed by atoms with E-state index in [1.54, 1.807) is 0 Å². The highest BCUT2D eigenvalue weighted by Crippen LogP contribution is 2.31. The molecule has 0 saturated heterocycles. The second-order valence-corrected chi connectivity index (χ2v) is 7.17. The van der Waals surface area contributed by atoms with E-state index >= 15 is 0 Å². The van der Waals surface area contributed by atoms with E-state index in [4.69, 9.17) is 5.26 Å². The van der Waals surface area contributed by atoms with Crippen LogP contribution in [0.15, 0.2) is 0 Å². The van der Waals surface area contributed by atoms with Gasteiger partial charge in [-0.15, -0.1) is 0 Å². The summed E-state index contributed by atoms with van der Waals surface area (Å²) in [6, 6.07) is 0. The summed E-state index contributed by atoms with van der Waals surface area (Å²) >= 11 is 0. The highest BCUT2D eigenvalue weighted by molar-refractivity contribution is 4.74. The fraction of sp³-hybridized carbons (Fsp3) is 1.00. The maximum Gasteiger partial charge on any atom is 0.0852 e. The summed E-state index contributed by atoms with van der Waals surface area (Å²) in [5, 5.41) is 8.59. The van der Waals surface area contributed by atoms with Gasteiger partial charge in [0.05, 0.1) is 6.61 Å². The van der Waals surface area contributed by atoms with Crippen LogP contribution in [0.1, 0.15) is 67.2 Å². The van der Waals surface area contributed by atoms with Gasteiger partial charge in [-0.3, -0.25) is 5.26 Å². The lowest BCUT2D eigenvalue weighted by Crippen LogP contribution is -2.25. The van der Waals surface area contributed by atoms with Crippen molar-refractivity contribution in [3.63, 3.8) is 0 Å². The second kappa shape index (κ2) is 6.61. The molecule has 0 amide bonds. The van der Waals surface area contributed by atoms with Gasteiger partial charge < -0.3 is 0 Å². The van der Waals surface area contributed by atoms with E-state index in [0.717, 1.165) is 6.42 Å². The molecular weight excluding hydrogens is 200 g/mol. The molecule has 0 aromatic rings. The van der Waals surface area contributed by atoms with E-state index in [0.29, 0.717) is 17.9 Å². The third-order valence-electron chi connectivity index (χ3n) is 3.23. The van der Waals surface area contributed by atoms with Crippen molar-refractivity contribution < 1.29 is 10.1 Å². The molecule has 0 saturated carbocycles. The van der Waals surface area contributed by atoms with E-state index < -0.39 is 0 Å². The Balaban J connectivity index is 3.86. The van der Waals surface area contributed by atoms with E-state index in [1.165, 1.54) is 19.3 Å². The third-order valence-corrected chi connectivity index (χ3v) is 3.23. The van der Waals surface area contributed by atoms with Gasteiger partial charge >= 0.3 is 0 Å². The molecule has 2 heteroatoms. The fourth-order valence-corrected chi connectivity index (χ4v) is 1.90. The van der Waals surface area contributed by atoms with Gasteiger partial charge in [0.15, 0.2) is 0 Å². The summed E-state index contributed by atoms with van der Waals surface area (Å²) in [6.07, 6.45) is 4.90. The van der Waals surface area contributed by atoms with Gasteiger partial charge in [0.1, 0.15) is 0 Å². The van der Waals surface area contributed by atoms with Crippen LogP contribution in [-0.4, -0.2) is 11.9 Å². The van der Waals surface area contributed by atoms with Gasteiger partial charge in [-0.05, 0) is 29.6 Å². The van der Waals surface area contributed by atoms with Crippen molar-refractivity contribution in [2.75, 3.05) is 6.61 Å². The minimum Gasteiger partial charge on any atom is -0.252 e. The largest absolute Gasteiger partial charge is 0.252 e. The molecule has 0 spiro atoms. The lowest BCUT2D eigenvalue weighted by molar-refractivity contribution is -0.257. The summed E-state index contributed by atoms with van der Waals surface area (Å²) < 4.78 is 0. The summed E-state index contributed by atoms with van der Waals surface area (Å²) in [7, 11) is 0. The monoisotopic (exact) mass is 230 g/mol. The molecule has 16 heavy (non-hydrogen) atoms. The predicted molar refractivity (Wildman–Crippen MR) is 69.4 cm³/mol. The normalized spacial score (nSPS) is 15.2. The van der Waals surface area contributed by atoms with Crippen LogP contribution in [0.4, 0.5) is 0 Å². The summed E-state index contributed by atoms with van der Waals surface area (Å²) in [4.78, 5) is 4.33. The molecule has 0 aliphatic heterocycles. The second-order valence-electron chi connectivity index (χ2n) is 7.17. The van der Waals surface area contributed by atoms with E-state index in [1.807, 2.05) is 0 Å². The molecule has 0 rings (SSSR count). The van der Waals surface area contributed by atoms with Crippen molar-refractivity contribution in [1.82, 2.24) is 0 Å². The average molecular weight is 230 g/mol. The number of hydrogen-bond donors (Lipinski definition) is 1. The predicted octanol–water partition coefficient (Wildman–Crippen LogP) is 4.74. The highest BCUT2D eigenvalue weighted by Gasteiger charge is 2.24. The standard InChI is InChI=1S/C14H30O2/c1-13(2,3)10-8-7-9-12(11-16-15)14(4,5)6/h12,15H,7-11H2,1-6H3. The first-order valence-corrected chi connectivity index (χ1v) is 6.43. The van der Waals surface area contributed by atoms with Gasteiger partial charge in [0.2, 0.25) is 0 Å². The van der Waals surface area contributed by atoms with Gasteiger partial charge in [0.25, 0.3) is 0 Å². The summed E-state index contributed by atoms with van der Waals surface area (Å²) in [5.41, 5.74) is 0.648. The molecule has 1 N–H and O–H groups in total. The number of rotatable bonds is 6. The van der Waals surface area contributed by atoms with Crippen molar-refractivity contribution >= 4 is 0 Å². The molecule has 0 aromatic heterocycles. The topological polar surface area (TPSA) is 29.5 Å². The van der Waals surface area contributed by atoms with Crippen molar-refractivity contribution in [1.29, 1.82) is 0 Å². The molecular formula is C14H30O2. The van der Waals surface area contributed by atoms with Crippen LogP contribution >= 0.6 is 0 Å². The lowest BCUT2D eigenvalue weighted by Gasteiger charge is -2.30. The molecule has 0 bridgehead atoms. The van der Waals surface area contributed by atoms with Crippen LogP contribution in [0.5, 0.6) is 0 Å². The quantitative estimate of drug-likeness (QED) is 0.405. The average Bonchev–Trinajstić information content (AvgIpc) is 2.06. The Kier molecular flexibility index (Phi) is 6.57. The zero-order valence-electron chi connectivity index (χ0n) is 12.0. The van der Waals surface area contributed by atoms with Gasteiger partial charge in [0, 0.05) is 0 Å². The zero-order chi connectivity index (χ0) is 12.8. The third kappa shape index (κ3) is 8.12. The molecule has 0 aliphatic carbocycles. The van der Waals surface area contributed by atoms with Crippen molar-refractivity contribution in [3.8, 4) is 0 Å². The van der Waals surface area contributed by atoms with Crippen molar-refractivity contribution in [2.45, 2.75) is 67.2 Å². The molecule has 98 valence electrons. The van der Waals surface area contributed by atoms with Crippen LogP contribution in [0.3, 0.4) is 0 Å². The lowest BCUT2D eigenvalue weighted by atomic mass is 9.78. The van der Waals surface area contributed by atoms with E-state index in [9.17, 15) is 0 Å². The van der Waals surface area contributed by atoms with Crippen molar-refractivity contribution in [3.05, 3.63) is 0 Å². The molecule has 0 heterocycles. The van der Waals surface area contributed by atoms with Crippen LogP contribution in [-0.2, 0) is 4.89 Å². The number of unbranched alkanes of at least 4 members (excludes halogenated alkanes) is 1. The van der Waals surface area contributed by atoms with Crippen LogP contribution < -0.4 is 0 Å². The smallest absolute Gasteiger partial charge is 0.0852 e. The maximum atomic E-state index is 8.59. The van der Waals surface area contributed by atoms with E-state index in [2.05, 4.69) is 46.4 Å². The minimum atomic E-state index is 0.213. The minimum absolute atomic E-state index is 0.213. The SMILES string of the molecule is CC(C)(C)CCCCC(COO)C(C)(C)C. The first-order chi connectivity index (χ1) is 7.17. The molecule has 1 unspecified atom stereocenters. The number of hydrogen-bond acceptors (Lipinski definition) is 2. The van der Waals surface area contributed by atoms with Crippen molar-refractivity contribution in [2.24, 2.45) is 16.7 Å². The Morgan fingerprint density at radius 2 is 1.56 bits per heavy atom. The Morgan fingerprint density at radius 3 is 1.94 bits per heavy atom. The zero-order valence-corrected chi connectivity index (χ0v) is 12.0. The molecule has 2 nitrogen and oxygen atoms in total. The van der Waals surface area contributed by atoms with Crippen LogP contribution in [0.25, 0.3) is 0 Å². The Bertz CT molecular complexity index is 174. The van der Waals surface area contributed by atoms with Crippen LogP contribution in [0.2, 0.25) is 0 Å². The Hall–Kier alpha value is -0.0800. The summed E-state index contributed by atoms with van der Waals surface area (Å²) in [5.74, 6) is 0.442. The van der Waals surface area contributed by atoms with Crippen LogP contribution in [0, 0.1) is 16.7 Å². The van der Waals surface area contributed by atoms with Gasteiger partial charge in [-0.25, -0.2) is 4.89 Å². The first-order valence-electron chi connectivity index (χ1n) is 6.43. The highest BCUT2D eigenvalue weighted by atomic mass is 17.1. The Labute approximate surface area is 101 Å². The van der Waals surface area contributed by atoms with E-state index in [-0.39, 0.29) is 5.41 Å². The van der Waals surface area contributed by atoms with Gasteiger partial charge in [-0.1, -0.05) is 54.4 Å². The van der Waals surface area contributed by atoms with Gasteiger partial charge in [-0.2, -0.15) is 0 Å². The fourth-order valence-electron chi connectivity index (χ4n) is 1.90. The summed E-state index contributed by atoms with van der Waals surface area (Å²) in [6.45, 7) is 13.9.